The first-order valence-corrected chi connectivity index (χ1v) is 14.3. The van der Waals surface area contributed by atoms with E-state index in [1.165, 1.54) is 4.90 Å². The number of benzene rings is 2. The quantitative estimate of drug-likeness (QED) is 0.497. The molecule has 0 aliphatic carbocycles. The number of hydrogen-bond donors (Lipinski definition) is 2. The van der Waals surface area contributed by atoms with Gasteiger partial charge in [0.05, 0.1) is 12.2 Å². The second kappa shape index (κ2) is 13.0. The van der Waals surface area contributed by atoms with Crippen LogP contribution in [0.3, 0.4) is 0 Å². The van der Waals surface area contributed by atoms with Crippen molar-refractivity contribution in [2.45, 2.75) is 59.0 Å². The number of amides is 4. The molecule has 0 unspecified atom stereocenters. The number of amidine groups is 1. The molecule has 2 aromatic rings. The number of nitrogens with zero attached hydrogens (tertiary/aromatic N) is 3. The van der Waals surface area contributed by atoms with Crippen molar-refractivity contribution in [1.29, 1.82) is 0 Å². The Morgan fingerprint density at radius 2 is 1.69 bits per heavy atom. The Morgan fingerprint density at radius 3 is 2.31 bits per heavy atom. The van der Waals surface area contributed by atoms with E-state index in [0.717, 1.165) is 37.1 Å². The average molecular weight is 574 g/mol. The smallest absolute Gasteiger partial charge is 0.413 e. The lowest BCUT2D eigenvalue weighted by Crippen LogP contribution is -2.41. The van der Waals surface area contributed by atoms with Crippen LogP contribution < -0.4 is 11.1 Å². The summed E-state index contributed by atoms with van der Waals surface area (Å²) < 4.78 is 5.43. The summed E-state index contributed by atoms with van der Waals surface area (Å²) in [7, 11) is 0. The number of nitrogens with two attached hydrogens (primary N) is 1. The zero-order valence-corrected chi connectivity index (χ0v) is 24.7. The maximum Gasteiger partial charge on any atom is 0.413 e. The van der Waals surface area contributed by atoms with Crippen LogP contribution in [0.2, 0.25) is 0 Å². The fourth-order valence-electron chi connectivity index (χ4n) is 5.00. The zero-order chi connectivity index (χ0) is 30.4. The van der Waals surface area contributed by atoms with E-state index in [4.69, 9.17) is 15.5 Å². The molecule has 4 amide bonds. The number of nitrogens with one attached hydrogen (secondary N) is 1. The molecule has 0 radical (unpaired) electrons. The van der Waals surface area contributed by atoms with Gasteiger partial charge in [-0.1, -0.05) is 31.2 Å². The predicted molar refractivity (Wildman–Crippen MR) is 162 cm³/mol. The topological polar surface area (TPSA) is 134 Å². The molecule has 1 fully saturated rings. The molecule has 0 aromatic heterocycles. The SMILES string of the molecule is CCCN(CC(N)=O)C(=O)C1=Cc2ccc(-c3ccc(C(=O)N4CCCC4)cc3)cc2N=C(NC(=O)OC(C)(C)C)C1. The molecule has 2 aromatic carbocycles. The molecule has 2 aliphatic heterocycles. The fourth-order valence-corrected chi connectivity index (χ4v) is 5.00. The third-order valence-corrected chi connectivity index (χ3v) is 6.88. The van der Waals surface area contributed by atoms with E-state index in [1.54, 1.807) is 26.8 Å². The first-order chi connectivity index (χ1) is 19.9. The highest BCUT2D eigenvalue weighted by atomic mass is 16.6. The van der Waals surface area contributed by atoms with Gasteiger partial charge in [-0.15, -0.1) is 0 Å². The minimum absolute atomic E-state index is 0.0222. The molecule has 0 bridgehead atoms. The van der Waals surface area contributed by atoms with Crippen LogP contribution in [0.5, 0.6) is 0 Å². The number of primary amides is 1. The molecule has 0 atom stereocenters. The number of rotatable bonds is 7. The van der Waals surface area contributed by atoms with Gasteiger partial charge in [0.25, 0.3) is 11.8 Å². The van der Waals surface area contributed by atoms with Crippen molar-refractivity contribution in [1.82, 2.24) is 15.1 Å². The summed E-state index contributed by atoms with van der Waals surface area (Å²) >= 11 is 0. The Labute approximate surface area is 246 Å². The third-order valence-electron chi connectivity index (χ3n) is 6.88. The van der Waals surface area contributed by atoms with Gasteiger partial charge in [-0.05, 0) is 75.4 Å². The first-order valence-electron chi connectivity index (χ1n) is 14.3. The number of carbonyl (C=O) groups excluding carboxylic acids is 4. The highest BCUT2D eigenvalue weighted by Crippen LogP contribution is 2.33. The number of alkyl carbamates (subject to hydrolysis) is 1. The molecular formula is C32H39N5O5. The number of carbonyl (C=O) groups is 4. The zero-order valence-electron chi connectivity index (χ0n) is 24.7. The Morgan fingerprint density at radius 1 is 1.02 bits per heavy atom. The van der Waals surface area contributed by atoms with E-state index in [1.807, 2.05) is 54.3 Å². The Bertz CT molecular complexity index is 1420. The van der Waals surface area contributed by atoms with Crippen LogP contribution in [0.25, 0.3) is 17.2 Å². The van der Waals surface area contributed by atoms with Crippen LogP contribution in [0.4, 0.5) is 10.5 Å². The molecule has 3 N–H and O–H groups in total. The van der Waals surface area contributed by atoms with Crippen molar-refractivity contribution in [2.75, 3.05) is 26.2 Å². The second-order valence-electron chi connectivity index (χ2n) is 11.6. The van der Waals surface area contributed by atoms with Gasteiger partial charge in [-0.2, -0.15) is 0 Å². The van der Waals surface area contributed by atoms with Crippen LogP contribution in [0.1, 0.15) is 69.3 Å². The van der Waals surface area contributed by atoms with Crippen LogP contribution in [-0.4, -0.2) is 71.2 Å². The van der Waals surface area contributed by atoms with E-state index in [-0.39, 0.29) is 30.6 Å². The van der Waals surface area contributed by atoms with Crippen molar-refractivity contribution < 1.29 is 23.9 Å². The molecule has 2 aliphatic rings. The number of ether oxygens (including phenoxy) is 1. The van der Waals surface area contributed by atoms with Gasteiger partial charge in [0.15, 0.2) is 0 Å². The lowest BCUT2D eigenvalue weighted by Gasteiger charge is -2.23. The molecule has 1 saturated heterocycles. The standard InChI is InChI=1S/C32H39N5O5/c1-5-14-37(20-27(33)38)30(40)25-17-24-13-12-23(18-26(24)34-28(19-25)35-31(41)42-32(2,3)4)21-8-10-22(11-9-21)29(39)36-15-6-7-16-36/h8-13,17-18H,5-7,14-16,19-20H2,1-4H3,(H2,33,38)(H,34,35,41). The molecule has 0 spiro atoms. The highest BCUT2D eigenvalue weighted by molar-refractivity contribution is 6.09. The molecule has 222 valence electrons. The number of aliphatic imine (C=N–C) groups is 1. The summed E-state index contributed by atoms with van der Waals surface area (Å²) in [6.07, 6.45) is 3.78. The summed E-state index contributed by atoms with van der Waals surface area (Å²) in [6.45, 7) is 8.91. The Hall–Kier alpha value is -4.47. The van der Waals surface area contributed by atoms with E-state index >= 15 is 0 Å². The molecular weight excluding hydrogens is 534 g/mol. The van der Waals surface area contributed by atoms with Gasteiger partial charge in [0.2, 0.25) is 5.91 Å². The lowest BCUT2D eigenvalue weighted by atomic mass is 9.99. The molecule has 42 heavy (non-hydrogen) atoms. The molecule has 10 nitrogen and oxygen atoms in total. The van der Waals surface area contributed by atoms with Crippen molar-refractivity contribution in [3.05, 3.63) is 59.2 Å². The lowest BCUT2D eigenvalue weighted by molar-refractivity contribution is -0.132. The summed E-state index contributed by atoms with van der Waals surface area (Å²) in [5.41, 5.74) is 8.68. The number of likely N-dealkylation sites (tertiary alicyclic amines) is 1. The first kappa shape index (κ1) is 30.5. The van der Waals surface area contributed by atoms with E-state index in [0.29, 0.717) is 35.4 Å². The van der Waals surface area contributed by atoms with Gasteiger partial charge in [0, 0.05) is 42.8 Å². The summed E-state index contributed by atoms with van der Waals surface area (Å²) in [5.74, 6) is -0.685. The monoisotopic (exact) mass is 573 g/mol. The Balaban J connectivity index is 1.67. The van der Waals surface area contributed by atoms with Gasteiger partial charge in [-0.3, -0.25) is 19.7 Å². The minimum atomic E-state index is -0.726. The molecule has 10 heteroatoms. The van der Waals surface area contributed by atoms with Gasteiger partial charge in [0.1, 0.15) is 11.4 Å². The summed E-state index contributed by atoms with van der Waals surface area (Å²) in [6, 6.07) is 13.1. The second-order valence-corrected chi connectivity index (χ2v) is 11.6. The van der Waals surface area contributed by atoms with Crippen LogP contribution in [0.15, 0.2) is 53.0 Å². The third kappa shape index (κ3) is 7.84. The van der Waals surface area contributed by atoms with E-state index < -0.39 is 17.6 Å². The van der Waals surface area contributed by atoms with E-state index in [9.17, 15) is 19.2 Å². The number of fused-ring (bicyclic) bond motifs is 1. The molecule has 4 rings (SSSR count). The normalized spacial score (nSPS) is 14.7. The van der Waals surface area contributed by atoms with Crippen LogP contribution >= 0.6 is 0 Å². The van der Waals surface area contributed by atoms with Gasteiger partial charge < -0.3 is 20.3 Å². The van der Waals surface area contributed by atoms with Gasteiger partial charge in [-0.25, -0.2) is 9.79 Å². The minimum Gasteiger partial charge on any atom is -0.444 e. The van der Waals surface area contributed by atoms with Crippen molar-refractivity contribution in [3.63, 3.8) is 0 Å². The Kier molecular flexibility index (Phi) is 9.45. The van der Waals surface area contributed by atoms with Crippen LogP contribution in [0, 0.1) is 0 Å². The fraction of sp³-hybridized carbons (Fsp3) is 0.406. The van der Waals surface area contributed by atoms with Crippen molar-refractivity contribution >= 4 is 41.4 Å². The molecule has 2 heterocycles. The van der Waals surface area contributed by atoms with Crippen molar-refractivity contribution in [3.8, 4) is 11.1 Å². The maximum atomic E-state index is 13.5. The molecule has 0 saturated carbocycles. The van der Waals surface area contributed by atoms with Crippen molar-refractivity contribution in [2.24, 2.45) is 10.7 Å². The predicted octanol–water partition coefficient (Wildman–Crippen LogP) is 4.66. The number of hydrogen-bond acceptors (Lipinski definition) is 6. The van der Waals surface area contributed by atoms with E-state index in [2.05, 4.69) is 5.32 Å². The van der Waals surface area contributed by atoms with Gasteiger partial charge >= 0.3 is 6.09 Å². The average Bonchev–Trinajstić information content (AvgIpc) is 3.40. The largest absolute Gasteiger partial charge is 0.444 e. The highest BCUT2D eigenvalue weighted by Gasteiger charge is 2.26. The van der Waals surface area contributed by atoms with Crippen LogP contribution in [-0.2, 0) is 14.3 Å². The maximum absolute atomic E-state index is 13.5. The summed E-state index contributed by atoms with van der Waals surface area (Å²) in [4.78, 5) is 58.6. The summed E-state index contributed by atoms with van der Waals surface area (Å²) in [5, 5.41) is 2.70.